The Kier molecular flexibility index (Phi) is 4.10. The third-order valence-corrected chi connectivity index (χ3v) is 2.92. The Labute approximate surface area is 110 Å². The van der Waals surface area contributed by atoms with Gasteiger partial charge in [0.15, 0.2) is 0 Å². The number of nitrogens with zero attached hydrogens (tertiary/aromatic N) is 2. The first kappa shape index (κ1) is 12.8. The van der Waals surface area contributed by atoms with Crippen LogP contribution in [-0.4, -0.2) is 9.97 Å². The Bertz CT molecular complexity index is 546. The van der Waals surface area contributed by atoms with Crippen LogP contribution in [0.4, 0.5) is 10.2 Å². The second-order valence-corrected chi connectivity index (χ2v) is 4.19. The average molecular weight is 266 g/mol. The molecule has 18 heavy (non-hydrogen) atoms. The van der Waals surface area contributed by atoms with Gasteiger partial charge in [0.2, 0.25) is 0 Å². The van der Waals surface area contributed by atoms with E-state index in [-0.39, 0.29) is 5.82 Å². The Morgan fingerprint density at radius 2 is 2.17 bits per heavy atom. The van der Waals surface area contributed by atoms with Crippen molar-refractivity contribution in [3.05, 3.63) is 52.7 Å². The van der Waals surface area contributed by atoms with Crippen LogP contribution in [-0.2, 0) is 13.0 Å². The molecule has 0 saturated carbocycles. The molecule has 0 aliphatic carbocycles. The van der Waals surface area contributed by atoms with Crippen LogP contribution in [0.1, 0.15) is 18.1 Å². The zero-order valence-electron chi connectivity index (χ0n) is 9.95. The molecule has 0 fully saturated rings. The minimum Gasteiger partial charge on any atom is -0.366 e. The topological polar surface area (TPSA) is 37.8 Å². The van der Waals surface area contributed by atoms with Crippen molar-refractivity contribution in [1.29, 1.82) is 0 Å². The fourth-order valence-electron chi connectivity index (χ4n) is 1.69. The summed E-state index contributed by atoms with van der Waals surface area (Å²) in [6.07, 6.45) is 2.15. The van der Waals surface area contributed by atoms with Gasteiger partial charge in [-0.3, -0.25) is 0 Å². The van der Waals surface area contributed by atoms with Gasteiger partial charge in [-0.15, -0.1) is 0 Å². The maximum absolute atomic E-state index is 13.0. The Morgan fingerprint density at radius 3 is 2.89 bits per heavy atom. The fourth-order valence-corrected chi connectivity index (χ4v) is 1.96. The van der Waals surface area contributed by atoms with E-state index in [0.717, 1.165) is 17.5 Å². The van der Waals surface area contributed by atoms with E-state index < -0.39 is 0 Å². The van der Waals surface area contributed by atoms with Gasteiger partial charge in [-0.25, -0.2) is 14.4 Å². The molecule has 94 valence electrons. The van der Waals surface area contributed by atoms with Crippen LogP contribution < -0.4 is 5.32 Å². The maximum atomic E-state index is 13.0. The predicted molar refractivity (Wildman–Crippen MR) is 70.1 cm³/mol. The van der Waals surface area contributed by atoms with Gasteiger partial charge in [0.1, 0.15) is 23.1 Å². The van der Waals surface area contributed by atoms with Crippen molar-refractivity contribution in [1.82, 2.24) is 9.97 Å². The summed E-state index contributed by atoms with van der Waals surface area (Å²) < 4.78 is 13.0. The van der Waals surface area contributed by atoms with Gasteiger partial charge in [-0.1, -0.05) is 30.7 Å². The second kappa shape index (κ2) is 5.78. The van der Waals surface area contributed by atoms with Gasteiger partial charge in [-0.2, -0.15) is 0 Å². The molecule has 1 aromatic heterocycles. The minimum absolute atomic E-state index is 0.245. The number of nitrogens with one attached hydrogen (secondary N) is 1. The van der Waals surface area contributed by atoms with E-state index in [1.807, 2.05) is 13.0 Å². The first-order chi connectivity index (χ1) is 8.70. The van der Waals surface area contributed by atoms with Crippen LogP contribution in [0.2, 0.25) is 5.15 Å². The van der Waals surface area contributed by atoms with E-state index in [4.69, 9.17) is 11.6 Å². The van der Waals surface area contributed by atoms with Gasteiger partial charge in [0.05, 0.1) is 0 Å². The summed E-state index contributed by atoms with van der Waals surface area (Å²) in [6, 6.07) is 6.44. The van der Waals surface area contributed by atoms with Crippen molar-refractivity contribution in [2.75, 3.05) is 5.32 Å². The first-order valence-electron chi connectivity index (χ1n) is 5.68. The molecule has 1 aromatic carbocycles. The molecule has 0 spiro atoms. The molecule has 0 unspecified atom stereocenters. The highest BCUT2D eigenvalue weighted by atomic mass is 35.5. The highest BCUT2D eigenvalue weighted by Gasteiger charge is 2.07. The van der Waals surface area contributed by atoms with Gasteiger partial charge in [-0.05, 0) is 24.1 Å². The quantitative estimate of drug-likeness (QED) is 0.861. The Hall–Kier alpha value is -1.68. The molecule has 0 bridgehead atoms. The molecular formula is C13H13ClFN3. The second-order valence-electron chi connectivity index (χ2n) is 3.83. The van der Waals surface area contributed by atoms with Crippen molar-refractivity contribution < 1.29 is 4.39 Å². The number of hydrogen-bond acceptors (Lipinski definition) is 3. The average Bonchev–Trinajstić information content (AvgIpc) is 2.36. The molecule has 0 saturated heterocycles. The van der Waals surface area contributed by atoms with Gasteiger partial charge >= 0.3 is 0 Å². The largest absolute Gasteiger partial charge is 0.366 e. The number of benzene rings is 1. The normalized spacial score (nSPS) is 10.4. The van der Waals surface area contributed by atoms with Crippen LogP contribution in [0.5, 0.6) is 0 Å². The van der Waals surface area contributed by atoms with E-state index in [1.165, 1.54) is 18.5 Å². The molecule has 0 aliphatic heterocycles. The molecule has 2 rings (SSSR count). The van der Waals surface area contributed by atoms with E-state index in [9.17, 15) is 4.39 Å². The van der Waals surface area contributed by atoms with Gasteiger partial charge in [0.25, 0.3) is 0 Å². The van der Waals surface area contributed by atoms with Gasteiger partial charge in [0, 0.05) is 12.1 Å². The standard InChI is InChI=1S/C13H13ClFN3/c1-2-11-12(14)17-8-18-13(11)16-7-9-4-3-5-10(15)6-9/h3-6,8H,2,7H2,1H3,(H,16,17,18). The first-order valence-corrected chi connectivity index (χ1v) is 6.06. The molecule has 2 aromatic rings. The lowest BCUT2D eigenvalue weighted by Crippen LogP contribution is -2.05. The van der Waals surface area contributed by atoms with E-state index in [0.29, 0.717) is 17.5 Å². The summed E-state index contributed by atoms with van der Waals surface area (Å²) in [6.45, 7) is 2.48. The molecule has 5 heteroatoms. The lowest BCUT2D eigenvalue weighted by atomic mass is 10.2. The summed E-state index contributed by atoms with van der Waals surface area (Å²) in [5.41, 5.74) is 1.72. The van der Waals surface area contributed by atoms with Crippen LogP contribution in [0.3, 0.4) is 0 Å². The van der Waals surface area contributed by atoms with Crippen molar-refractivity contribution in [2.24, 2.45) is 0 Å². The maximum Gasteiger partial charge on any atom is 0.137 e. The summed E-state index contributed by atoms with van der Waals surface area (Å²) >= 11 is 5.99. The minimum atomic E-state index is -0.245. The third kappa shape index (κ3) is 2.96. The molecular weight excluding hydrogens is 253 g/mol. The summed E-state index contributed by atoms with van der Waals surface area (Å²) in [5, 5.41) is 3.60. The van der Waals surface area contributed by atoms with Crippen LogP contribution in [0, 0.1) is 5.82 Å². The molecule has 0 amide bonds. The molecule has 1 heterocycles. The SMILES string of the molecule is CCc1c(Cl)ncnc1NCc1cccc(F)c1. The van der Waals surface area contributed by atoms with E-state index >= 15 is 0 Å². The predicted octanol–water partition coefficient (Wildman–Crippen LogP) is 3.44. The van der Waals surface area contributed by atoms with E-state index in [1.54, 1.807) is 6.07 Å². The Morgan fingerprint density at radius 1 is 1.33 bits per heavy atom. The number of rotatable bonds is 4. The molecule has 0 aliphatic rings. The van der Waals surface area contributed by atoms with Crippen molar-refractivity contribution in [3.63, 3.8) is 0 Å². The van der Waals surface area contributed by atoms with E-state index in [2.05, 4.69) is 15.3 Å². The van der Waals surface area contributed by atoms with Gasteiger partial charge < -0.3 is 5.32 Å². The number of halogens is 2. The zero-order chi connectivity index (χ0) is 13.0. The van der Waals surface area contributed by atoms with Crippen LogP contribution in [0.15, 0.2) is 30.6 Å². The highest BCUT2D eigenvalue weighted by Crippen LogP contribution is 2.20. The molecule has 0 atom stereocenters. The number of hydrogen-bond donors (Lipinski definition) is 1. The Balaban J connectivity index is 2.13. The fraction of sp³-hybridized carbons (Fsp3) is 0.231. The third-order valence-electron chi connectivity index (χ3n) is 2.60. The van der Waals surface area contributed by atoms with Crippen LogP contribution in [0.25, 0.3) is 0 Å². The summed E-state index contributed by atoms with van der Waals surface area (Å²) in [5.74, 6) is 0.451. The van der Waals surface area contributed by atoms with Crippen molar-refractivity contribution in [3.8, 4) is 0 Å². The lowest BCUT2D eigenvalue weighted by molar-refractivity contribution is 0.626. The number of anilines is 1. The molecule has 1 N–H and O–H groups in total. The number of aromatic nitrogens is 2. The highest BCUT2D eigenvalue weighted by molar-refractivity contribution is 6.30. The molecule has 0 radical (unpaired) electrons. The lowest BCUT2D eigenvalue weighted by Gasteiger charge is -2.10. The molecule has 3 nitrogen and oxygen atoms in total. The summed E-state index contributed by atoms with van der Waals surface area (Å²) in [7, 11) is 0. The van der Waals surface area contributed by atoms with Crippen molar-refractivity contribution >= 4 is 17.4 Å². The monoisotopic (exact) mass is 265 g/mol. The van der Waals surface area contributed by atoms with Crippen LogP contribution >= 0.6 is 11.6 Å². The van der Waals surface area contributed by atoms with Crippen molar-refractivity contribution in [2.45, 2.75) is 19.9 Å². The summed E-state index contributed by atoms with van der Waals surface area (Å²) in [4.78, 5) is 8.08. The smallest absolute Gasteiger partial charge is 0.137 e. The zero-order valence-corrected chi connectivity index (χ0v) is 10.7.